The Bertz CT molecular complexity index is 574. The van der Waals surface area contributed by atoms with Crippen molar-refractivity contribution >= 4 is 5.91 Å². The molecule has 2 aromatic heterocycles. The molecular formula is C15H19N3O2. The number of aryl methyl sites for hydroxylation is 1. The summed E-state index contributed by atoms with van der Waals surface area (Å²) in [5.74, 6) is 1.81. The van der Waals surface area contributed by atoms with Crippen molar-refractivity contribution in [1.82, 2.24) is 14.5 Å². The van der Waals surface area contributed by atoms with E-state index in [0.717, 1.165) is 38.3 Å². The molecule has 1 unspecified atom stereocenters. The lowest BCUT2D eigenvalue weighted by Crippen LogP contribution is -2.39. The van der Waals surface area contributed by atoms with Gasteiger partial charge in [-0.3, -0.25) is 4.79 Å². The van der Waals surface area contributed by atoms with Gasteiger partial charge in [0.15, 0.2) is 5.76 Å². The van der Waals surface area contributed by atoms with Gasteiger partial charge in [-0.05, 0) is 31.9 Å². The summed E-state index contributed by atoms with van der Waals surface area (Å²) >= 11 is 0. The first-order chi connectivity index (χ1) is 9.79. The van der Waals surface area contributed by atoms with E-state index in [9.17, 15) is 4.79 Å². The lowest BCUT2D eigenvalue weighted by Gasteiger charge is -2.32. The highest BCUT2D eigenvalue weighted by Gasteiger charge is 2.28. The normalized spacial score (nSPS) is 19.2. The Morgan fingerprint density at radius 2 is 2.45 bits per heavy atom. The van der Waals surface area contributed by atoms with Gasteiger partial charge >= 0.3 is 0 Å². The quantitative estimate of drug-likeness (QED) is 0.863. The molecule has 0 N–H and O–H groups in total. The molecule has 1 fully saturated rings. The molecule has 0 radical (unpaired) electrons. The second-order valence-electron chi connectivity index (χ2n) is 5.14. The molecule has 3 rings (SSSR count). The summed E-state index contributed by atoms with van der Waals surface area (Å²) in [6.07, 6.45) is 7.47. The summed E-state index contributed by atoms with van der Waals surface area (Å²) in [6, 6.07) is 3.47. The second kappa shape index (κ2) is 5.53. The summed E-state index contributed by atoms with van der Waals surface area (Å²) in [5, 5.41) is 0. The minimum atomic E-state index is -0.0192. The number of nitrogens with zero attached hydrogens (tertiary/aromatic N) is 3. The fourth-order valence-corrected chi connectivity index (χ4v) is 2.88. The number of likely N-dealkylation sites (tertiary alicyclic amines) is 1. The lowest BCUT2D eigenvalue weighted by molar-refractivity contribution is 0.0671. The molecule has 0 saturated carbocycles. The molecule has 0 spiro atoms. The van der Waals surface area contributed by atoms with Crippen molar-refractivity contribution in [2.24, 2.45) is 0 Å². The molecule has 5 heteroatoms. The highest BCUT2D eigenvalue weighted by Crippen LogP contribution is 2.26. The van der Waals surface area contributed by atoms with E-state index in [1.165, 1.54) is 0 Å². The summed E-state index contributed by atoms with van der Waals surface area (Å²) in [5.41, 5.74) is 0. The highest BCUT2D eigenvalue weighted by molar-refractivity contribution is 5.91. The van der Waals surface area contributed by atoms with Gasteiger partial charge in [-0.2, -0.15) is 0 Å². The van der Waals surface area contributed by atoms with Crippen LogP contribution in [-0.4, -0.2) is 33.4 Å². The van der Waals surface area contributed by atoms with Crippen molar-refractivity contribution < 1.29 is 9.21 Å². The van der Waals surface area contributed by atoms with E-state index in [1.807, 2.05) is 17.3 Å². The maximum absolute atomic E-state index is 12.3. The smallest absolute Gasteiger partial charge is 0.289 e. The fourth-order valence-electron chi connectivity index (χ4n) is 2.88. The van der Waals surface area contributed by atoms with Crippen molar-refractivity contribution in [2.75, 3.05) is 13.1 Å². The van der Waals surface area contributed by atoms with Crippen molar-refractivity contribution in [1.29, 1.82) is 0 Å². The Morgan fingerprint density at radius 1 is 1.55 bits per heavy atom. The molecule has 0 aliphatic carbocycles. The molecule has 1 atom stereocenters. The maximum Gasteiger partial charge on any atom is 0.289 e. The fraction of sp³-hybridized carbons (Fsp3) is 0.467. The van der Waals surface area contributed by atoms with Gasteiger partial charge in [-0.25, -0.2) is 4.98 Å². The average Bonchev–Trinajstić information content (AvgIpc) is 3.17. The third-order valence-corrected chi connectivity index (χ3v) is 3.89. The zero-order chi connectivity index (χ0) is 13.9. The molecule has 5 nitrogen and oxygen atoms in total. The third-order valence-electron chi connectivity index (χ3n) is 3.89. The van der Waals surface area contributed by atoms with Gasteiger partial charge in [-0.15, -0.1) is 0 Å². The van der Waals surface area contributed by atoms with E-state index in [2.05, 4.69) is 16.5 Å². The molecule has 20 heavy (non-hydrogen) atoms. The van der Waals surface area contributed by atoms with E-state index < -0.39 is 0 Å². The van der Waals surface area contributed by atoms with Crippen LogP contribution in [0.25, 0.3) is 0 Å². The van der Waals surface area contributed by atoms with Crippen LogP contribution in [0.3, 0.4) is 0 Å². The lowest BCUT2D eigenvalue weighted by atomic mass is 9.97. The van der Waals surface area contributed by atoms with Gasteiger partial charge in [0, 0.05) is 37.9 Å². The second-order valence-corrected chi connectivity index (χ2v) is 5.14. The monoisotopic (exact) mass is 273 g/mol. The Hall–Kier alpha value is -2.04. The first kappa shape index (κ1) is 13.0. The van der Waals surface area contributed by atoms with E-state index in [-0.39, 0.29) is 5.91 Å². The van der Waals surface area contributed by atoms with E-state index in [4.69, 9.17) is 4.42 Å². The predicted octanol–water partition coefficient (Wildman–Crippen LogP) is 2.52. The predicted molar refractivity (Wildman–Crippen MR) is 74.5 cm³/mol. The van der Waals surface area contributed by atoms with E-state index >= 15 is 0 Å². The topological polar surface area (TPSA) is 51.3 Å². The van der Waals surface area contributed by atoms with Crippen molar-refractivity contribution in [3.05, 3.63) is 42.4 Å². The molecule has 0 aromatic carbocycles. The number of piperidine rings is 1. The number of hydrogen-bond acceptors (Lipinski definition) is 3. The van der Waals surface area contributed by atoms with Crippen LogP contribution in [0, 0.1) is 0 Å². The van der Waals surface area contributed by atoms with Crippen molar-refractivity contribution in [2.45, 2.75) is 32.2 Å². The minimum absolute atomic E-state index is 0.0192. The molecular weight excluding hydrogens is 254 g/mol. The van der Waals surface area contributed by atoms with Crippen LogP contribution >= 0.6 is 0 Å². The molecule has 1 aliphatic heterocycles. The Morgan fingerprint density at radius 3 is 3.20 bits per heavy atom. The van der Waals surface area contributed by atoms with Crippen LogP contribution in [-0.2, 0) is 6.54 Å². The number of carbonyl (C=O) groups excluding carboxylic acids is 1. The van der Waals surface area contributed by atoms with E-state index in [1.54, 1.807) is 18.4 Å². The van der Waals surface area contributed by atoms with Gasteiger partial charge in [0.1, 0.15) is 5.82 Å². The number of aromatic nitrogens is 2. The van der Waals surface area contributed by atoms with Crippen LogP contribution in [0.1, 0.15) is 42.1 Å². The number of carbonyl (C=O) groups is 1. The minimum Gasteiger partial charge on any atom is -0.459 e. The molecule has 1 aliphatic rings. The Kier molecular flexibility index (Phi) is 3.58. The van der Waals surface area contributed by atoms with Crippen LogP contribution in [0.5, 0.6) is 0 Å². The molecule has 1 amide bonds. The molecule has 2 aromatic rings. The Labute approximate surface area is 118 Å². The van der Waals surface area contributed by atoms with E-state index in [0.29, 0.717) is 11.7 Å². The molecule has 3 heterocycles. The highest BCUT2D eigenvalue weighted by atomic mass is 16.3. The number of furan rings is 1. The molecule has 106 valence electrons. The maximum atomic E-state index is 12.3. The largest absolute Gasteiger partial charge is 0.459 e. The van der Waals surface area contributed by atoms with Gasteiger partial charge in [0.05, 0.1) is 6.26 Å². The summed E-state index contributed by atoms with van der Waals surface area (Å²) in [4.78, 5) is 18.7. The first-order valence-electron chi connectivity index (χ1n) is 7.13. The van der Waals surface area contributed by atoms with Gasteiger partial charge in [0.25, 0.3) is 5.91 Å². The number of amides is 1. The SMILES string of the molecule is CCn1ccnc1C1CCCN(C(=O)c2ccco2)C1. The van der Waals surface area contributed by atoms with Crippen molar-refractivity contribution in [3.8, 4) is 0 Å². The summed E-state index contributed by atoms with van der Waals surface area (Å²) < 4.78 is 7.37. The van der Waals surface area contributed by atoms with Gasteiger partial charge < -0.3 is 13.9 Å². The van der Waals surface area contributed by atoms with Crippen LogP contribution in [0.4, 0.5) is 0 Å². The molecule has 1 saturated heterocycles. The zero-order valence-corrected chi connectivity index (χ0v) is 11.7. The number of rotatable bonds is 3. The summed E-state index contributed by atoms with van der Waals surface area (Å²) in [6.45, 7) is 4.54. The first-order valence-corrected chi connectivity index (χ1v) is 7.13. The zero-order valence-electron chi connectivity index (χ0n) is 11.7. The van der Waals surface area contributed by atoms with Crippen molar-refractivity contribution in [3.63, 3.8) is 0 Å². The molecule has 0 bridgehead atoms. The van der Waals surface area contributed by atoms with Crippen LogP contribution in [0.2, 0.25) is 0 Å². The average molecular weight is 273 g/mol. The number of hydrogen-bond donors (Lipinski definition) is 0. The number of imidazole rings is 1. The third kappa shape index (κ3) is 2.35. The van der Waals surface area contributed by atoms with Gasteiger partial charge in [0.2, 0.25) is 0 Å². The van der Waals surface area contributed by atoms with Crippen LogP contribution < -0.4 is 0 Å². The standard InChI is InChI=1S/C15H19N3O2/c1-2-17-9-7-16-14(17)12-5-3-8-18(11-12)15(19)13-6-4-10-20-13/h4,6-7,9-10,12H,2-3,5,8,11H2,1H3. The van der Waals surface area contributed by atoms with Crippen LogP contribution in [0.15, 0.2) is 35.2 Å². The Balaban J connectivity index is 1.75. The van der Waals surface area contributed by atoms with Gasteiger partial charge in [-0.1, -0.05) is 0 Å². The summed E-state index contributed by atoms with van der Waals surface area (Å²) in [7, 11) is 0.